The second kappa shape index (κ2) is 7.89. The van der Waals surface area contributed by atoms with Gasteiger partial charge in [-0.2, -0.15) is 0 Å². The molecule has 2 atom stereocenters. The van der Waals surface area contributed by atoms with Crippen LogP contribution >= 0.6 is 0 Å². The molecule has 0 rings (SSSR count). The van der Waals surface area contributed by atoms with Gasteiger partial charge in [-0.25, -0.2) is 0 Å². The molecular weight excluding hydrogens is 212 g/mol. The largest absolute Gasteiger partial charge is 0.480 e. The van der Waals surface area contributed by atoms with Gasteiger partial charge in [-0.1, -0.05) is 0 Å². The van der Waals surface area contributed by atoms with Crippen molar-refractivity contribution in [2.75, 3.05) is 13.1 Å². The first-order chi connectivity index (χ1) is 7.43. The molecule has 0 radical (unpaired) electrons. The number of nitrogens with two attached hydrogens (primary N) is 1. The standard InChI is InChI=1S/C9H20N4O3/c1-6(14)5-13-7(8(15)16)3-2-4-12-9(10)11/h6-7,13-14H,2-5H2,1H3,(H,15,16)(H4,10,11,12). The van der Waals surface area contributed by atoms with Gasteiger partial charge < -0.3 is 26.6 Å². The summed E-state index contributed by atoms with van der Waals surface area (Å²) >= 11 is 0. The molecular formula is C9H20N4O3. The second-order valence-electron chi connectivity index (χ2n) is 3.63. The molecule has 0 aromatic carbocycles. The topological polar surface area (TPSA) is 131 Å². The van der Waals surface area contributed by atoms with E-state index in [4.69, 9.17) is 21.4 Å². The predicted molar refractivity (Wildman–Crippen MR) is 60.3 cm³/mol. The van der Waals surface area contributed by atoms with Gasteiger partial charge in [0.25, 0.3) is 0 Å². The number of carboxylic acid groups (broad SMARTS) is 1. The quantitative estimate of drug-likeness (QED) is 0.175. The molecule has 0 aromatic heterocycles. The highest BCUT2D eigenvalue weighted by atomic mass is 16.4. The number of aliphatic carboxylic acids is 1. The van der Waals surface area contributed by atoms with Crippen LogP contribution in [-0.2, 0) is 4.79 Å². The molecule has 7 heteroatoms. The Labute approximate surface area is 94.5 Å². The van der Waals surface area contributed by atoms with E-state index >= 15 is 0 Å². The van der Waals surface area contributed by atoms with Crippen LogP contribution in [0.1, 0.15) is 19.8 Å². The van der Waals surface area contributed by atoms with Crippen molar-refractivity contribution in [2.45, 2.75) is 31.9 Å². The van der Waals surface area contributed by atoms with Crippen LogP contribution in [-0.4, -0.2) is 47.4 Å². The molecule has 7 nitrogen and oxygen atoms in total. The van der Waals surface area contributed by atoms with Gasteiger partial charge in [-0.15, -0.1) is 0 Å². The van der Waals surface area contributed by atoms with Crippen LogP contribution < -0.4 is 16.4 Å². The lowest BCUT2D eigenvalue weighted by Gasteiger charge is -2.15. The highest BCUT2D eigenvalue weighted by Crippen LogP contribution is 1.97. The van der Waals surface area contributed by atoms with Crippen molar-refractivity contribution in [2.24, 2.45) is 5.73 Å². The maximum atomic E-state index is 10.8. The average Bonchev–Trinajstić information content (AvgIpc) is 2.15. The Morgan fingerprint density at radius 1 is 1.56 bits per heavy atom. The van der Waals surface area contributed by atoms with Gasteiger partial charge in [0, 0.05) is 13.1 Å². The summed E-state index contributed by atoms with van der Waals surface area (Å²) in [5, 5.41) is 30.1. The van der Waals surface area contributed by atoms with Crippen molar-refractivity contribution in [1.29, 1.82) is 5.41 Å². The second-order valence-corrected chi connectivity index (χ2v) is 3.63. The Bertz CT molecular complexity index is 233. The number of hydrogen-bond donors (Lipinski definition) is 6. The van der Waals surface area contributed by atoms with Crippen molar-refractivity contribution in [3.63, 3.8) is 0 Å². The first kappa shape index (κ1) is 14.7. The van der Waals surface area contributed by atoms with E-state index < -0.39 is 18.1 Å². The maximum Gasteiger partial charge on any atom is 0.320 e. The molecule has 0 aromatic rings. The lowest BCUT2D eigenvalue weighted by molar-refractivity contribution is -0.139. The summed E-state index contributed by atoms with van der Waals surface area (Å²) in [5.74, 6) is -1.06. The lowest BCUT2D eigenvalue weighted by Crippen LogP contribution is -2.41. The Morgan fingerprint density at radius 3 is 2.62 bits per heavy atom. The van der Waals surface area contributed by atoms with Crippen LogP contribution in [0.2, 0.25) is 0 Å². The average molecular weight is 232 g/mol. The van der Waals surface area contributed by atoms with Crippen molar-refractivity contribution < 1.29 is 15.0 Å². The van der Waals surface area contributed by atoms with E-state index in [1.54, 1.807) is 6.92 Å². The molecule has 16 heavy (non-hydrogen) atoms. The van der Waals surface area contributed by atoms with E-state index in [0.29, 0.717) is 19.4 Å². The zero-order valence-corrected chi connectivity index (χ0v) is 9.36. The van der Waals surface area contributed by atoms with E-state index in [1.165, 1.54) is 0 Å². The summed E-state index contributed by atoms with van der Waals surface area (Å²) < 4.78 is 0. The number of hydrogen-bond acceptors (Lipinski definition) is 4. The number of carboxylic acids is 1. The predicted octanol–water partition coefficient (Wildman–Crippen LogP) is -1.33. The Morgan fingerprint density at radius 2 is 2.19 bits per heavy atom. The smallest absolute Gasteiger partial charge is 0.320 e. The molecule has 7 N–H and O–H groups in total. The number of rotatable bonds is 8. The monoisotopic (exact) mass is 232 g/mol. The highest BCUT2D eigenvalue weighted by molar-refractivity contribution is 5.74. The summed E-state index contributed by atoms with van der Waals surface area (Å²) in [4.78, 5) is 10.8. The number of aliphatic hydroxyl groups excluding tert-OH is 1. The van der Waals surface area contributed by atoms with E-state index in [1.807, 2.05) is 0 Å². The van der Waals surface area contributed by atoms with Gasteiger partial charge in [0.05, 0.1) is 6.10 Å². The van der Waals surface area contributed by atoms with Crippen LogP contribution in [0.4, 0.5) is 0 Å². The Balaban J connectivity index is 3.77. The summed E-state index contributed by atoms with van der Waals surface area (Å²) in [6, 6.07) is -0.677. The van der Waals surface area contributed by atoms with E-state index in [-0.39, 0.29) is 12.5 Å². The van der Waals surface area contributed by atoms with Crippen molar-refractivity contribution in [3.8, 4) is 0 Å². The minimum absolute atomic E-state index is 0.121. The normalized spacial score (nSPS) is 14.1. The summed E-state index contributed by atoms with van der Waals surface area (Å²) in [7, 11) is 0. The molecule has 94 valence electrons. The molecule has 0 aliphatic carbocycles. The highest BCUT2D eigenvalue weighted by Gasteiger charge is 2.16. The third-order valence-electron chi connectivity index (χ3n) is 1.94. The molecule has 2 unspecified atom stereocenters. The van der Waals surface area contributed by atoms with Crippen LogP contribution in [0, 0.1) is 5.41 Å². The fraction of sp³-hybridized carbons (Fsp3) is 0.778. The van der Waals surface area contributed by atoms with Gasteiger partial charge in [-0.3, -0.25) is 10.2 Å². The first-order valence-corrected chi connectivity index (χ1v) is 5.15. The van der Waals surface area contributed by atoms with Crippen molar-refractivity contribution in [1.82, 2.24) is 10.6 Å². The maximum absolute atomic E-state index is 10.8. The number of aliphatic hydroxyl groups is 1. The van der Waals surface area contributed by atoms with Crippen LogP contribution in [0.25, 0.3) is 0 Å². The molecule has 0 spiro atoms. The SMILES string of the molecule is CC(O)CNC(CCCNC(=N)N)C(=O)O. The lowest BCUT2D eigenvalue weighted by atomic mass is 10.1. The summed E-state index contributed by atoms with van der Waals surface area (Å²) in [6.07, 6.45) is 0.434. The fourth-order valence-corrected chi connectivity index (χ4v) is 1.15. The van der Waals surface area contributed by atoms with Crippen LogP contribution in [0.5, 0.6) is 0 Å². The third-order valence-corrected chi connectivity index (χ3v) is 1.94. The molecule has 0 heterocycles. The van der Waals surface area contributed by atoms with Crippen molar-refractivity contribution >= 4 is 11.9 Å². The first-order valence-electron chi connectivity index (χ1n) is 5.15. The summed E-state index contributed by atoms with van der Waals surface area (Å²) in [5.41, 5.74) is 5.07. The zero-order valence-electron chi connectivity index (χ0n) is 9.36. The molecule has 0 fully saturated rings. The van der Waals surface area contributed by atoms with Crippen LogP contribution in [0.3, 0.4) is 0 Å². The molecule has 0 aliphatic heterocycles. The van der Waals surface area contributed by atoms with Gasteiger partial charge in [0.2, 0.25) is 0 Å². The molecule has 0 saturated heterocycles. The van der Waals surface area contributed by atoms with Gasteiger partial charge in [0.15, 0.2) is 5.96 Å². The van der Waals surface area contributed by atoms with Gasteiger partial charge in [-0.05, 0) is 19.8 Å². The number of carbonyl (C=O) groups is 1. The number of guanidine groups is 1. The Kier molecular flexibility index (Phi) is 7.23. The molecule has 0 bridgehead atoms. The third kappa shape index (κ3) is 8.01. The molecule has 0 amide bonds. The zero-order chi connectivity index (χ0) is 12.6. The number of nitrogens with one attached hydrogen (secondary N) is 3. The van der Waals surface area contributed by atoms with Crippen molar-refractivity contribution in [3.05, 3.63) is 0 Å². The Hall–Kier alpha value is -1.34. The van der Waals surface area contributed by atoms with E-state index in [9.17, 15) is 4.79 Å². The molecule has 0 aliphatic rings. The van der Waals surface area contributed by atoms with Gasteiger partial charge in [0.1, 0.15) is 6.04 Å². The van der Waals surface area contributed by atoms with Gasteiger partial charge >= 0.3 is 5.97 Å². The summed E-state index contributed by atoms with van der Waals surface area (Å²) in [6.45, 7) is 2.30. The molecule has 0 saturated carbocycles. The van der Waals surface area contributed by atoms with E-state index in [2.05, 4.69) is 10.6 Å². The minimum atomic E-state index is -0.941. The van der Waals surface area contributed by atoms with E-state index in [0.717, 1.165) is 0 Å². The fourth-order valence-electron chi connectivity index (χ4n) is 1.15. The minimum Gasteiger partial charge on any atom is -0.480 e. The van der Waals surface area contributed by atoms with Crippen LogP contribution in [0.15, 0.2) is 0 Å².